The highest BCUT2D eigenvalue weighted by Crippen LogP contribution is 2.08. The van der Waals surface area contributed by atoms with E-state index in [2.05, 4.69) is 17.1 Å². The molecule has 0 saturated carbocycles. The lowest BCUT2D eigenvalue weighted by Crippen LogP contribution is -2.33. The van der Waals surface area contributed by atoms with Crippen molar-refractivity contribution in [2.24, 2.45) is 5.73 Å². The minimum atomic E-state index is -0.0106. The molecular weight excluding hydrogens is 226 g/mol. The van der Waals surface area contributed by atoms with Crippen LogP contribution in [0.2, 0.25) is 0 Å². The second kappa shape index (κ2) is 7.84. The molecule has 0 radical (unpaired) electrons. The largest absolute Gasteiger partial charge is 0.351 e. The van der Waals surface area contributed by atoms with Crippen LogP contribution in [0.5, 0.6) is 0 Å². The van der Waals surface area contributed by atoms with Gasteiger partial charge in [-0.3, -0.25) is 4.79 Å². The van der Waals surface area contributed by atoms with Crippen LogP contribution in [0.3, 0.4) is 0 Å². The number of likely N-dealkylation sites (N-methyl/N-ethyl adjacent to an activating group) is 1. The van der Waals surface area contributed by atoms with Crippen LogP contribution in [0.4, 0.5) is 0 Å². The van der Waals surface area contributed by atoms with Gasteiger partial charge in [0.25, 0.3) is 5.91 Å². The van der Waals surface area contributed by atoms with Crippen LogP contribution in [-0.2, 0) is 6.42 Å². The third-order valence-corrected chi connectivity index (χ3v) is 2.99. The van der Waals surface area contributed by atoms with Crippen molar-refractivity contribution >= 4 is 5.91 Å². The van der Waals surface area contributed by atoms with E-state index in [1.807, 2.05) is 31.3 Å². The third kappa shape index (κ3) is 4.47. The Balaban J connectivity index is 2.55. The van der Waals surface area contributed by atoms with Gasteiger partial charge in [0.1, 0.15) is 0 Å². The SMILES string of the molecule is CCN(C)CCNC(=O)c1ccccc1CCN. The predicted molar refractivity (Wildman–Crippen MR) is 74.7 cm³/mol. The van der Waals surface area contributed by atoms with Crippen molar-refractivity contribution in [3.05, 3.63) is 35.4 Å². The predicted octanol–water partition coefficient (Wildman–Crippen LogP) is 0.869. The smallest absolute Gasteiger partial charge is 0.251 e. The molecule has 0 fully saturated rings. The number of nitrogens with two attached hydrogens (primary N) is 1. The molecule has 1 rings (SSSR count). The first kappa shape index (κ1) is 14.7. The highest BCUT2D eigenvalue weighted by Gasteiger charge is 2.09. The molecule has 0 spiro atoms. The Morgan fingerprint density at radius 3 is 2.78 bits per heavy atom. The third-order valence-electron chi connectivity index (χ3n) is 2.99. The van der Waals surface area contributed by atoms with Gasteiger partial charge < -0.3 is 16.0 Å². The first-order valence-electron chi connectivity index (χ1n) is 6.43. The Labute approximate surface area is 109 Å². The van der Waals surface area contributed by atoms with Crippen LogP contribution in [0.1, 0.15) is 22.8 Å². The molecule has 1 aromatic rings. The maximum Gasteiger partial charge on any atom is 0.251 e. The summed E-state index contributed by atoms with van der Waals surface area (Å²) < 4.78 is 0. The number of nitrogens with one attached hydrogen (secondary N) is 1. The zero-order chi connectivity index (χ0) is 13.4. The van der Waals surface area contributed by atoms with Crippen LogP contribution in [0, 0.1) is 0 Å². The lowest BCUT2D eigenvalue weighted by atomic mass is 10.0. The number of amides is 1. The normalized spacial score (nSPS) is 10.7. The lowest BCUT2D eigenvalue weighted by molar-refractivity contribution is 0.0949. The molecule has 0 aliphatic carbocycles. The average Bonchev–Trinajstić information content (AvgIpc) is 2.39. The summed E-state index contributed by atoms with van der Waals surface area (Å²) in [5.41, 5.74) is 7.30. The number of hydrogen-bond acceptors (Lipinski definition) is 3. The molecule has 3 N–H and O–H groups in total. The van der Waals surface area contributed by atoms with Crippen molar-refractivity contribution in [3.8, 4) is 0 Å². The zero-order valence-corrected chi connectivity index (χ0v) is 11.3. The molecule has 0 saturated heterocycles. The Kier molecular flexibility index (Phi) is 6.39. The maximum absolute atomic E-state index is 12.0. The summed E-state index contributed by atoms with van der Waals surface area (Å²) in [6.45, 7) is 5.17. The number of nitrogens with zero attached hydrogens (tertiary/aromatic N) is 1. The van der Waals surface area contributed by atoms with Crippen LogP contribution in [-0.4, -0.2) is 44.0 Å². The first-order valence-corrected chi connectivity index (χ1v) is 6.43. The van der Waals surface area contributed by atoms with Crippen molar-refractivity contribution in [1.82, 2.24) is 10.2 Å². The van der Waals surface area contributed by atoms with Crippen molar-refractivity contribution in [2.45, 2.75) is 13.3 Å². The Morgan fingerprint density at radius 2 is 2.11 bits per heavy atom. The standard InChI is InChI=1S/C14H23N3O/c1-3-17(2)11-10-16-14(18)13-7-5-4-6-12(13)8-9-15/h4-7H,3,8-11,15H2,1-2H3,(H,16,18). The van der Waals surface area contributed by atoms with Crippen LogP contribution < -0.4 is 11.1 Å². The molecule has 100 valence electrons. The monoisotopic (exact) mass is 249 g/mol. The summed E-state index contributed by atoms with van der Waals surface area (Å²) in [6.07, 6.45) is 0.735. The topological polar surface area (TPSA) is 58.4 Å². The van der Waals surface area contributed by atoms with E-state index in [1.165, 1.54) is 0 Å². The van der Waals surface area contributed by atoms with Gasteiger partial charge in [-0.15, -0.1) is 0 Å². The molecular formula is C14H23N3O. The Hall–Kier alpha value is -1.39. The first-order chi connectivity index (χ1) is 8.69. The molecule has 18 heavy (non-hydrogen) atoms. The lowest BCUT2D eigenvalue weighted by Gasteiger charge is -2.14. The van der Waals surface area contributed by atoms with Crippen molar-refractivity contribution in [2.75, 3.05) is 33.2 Å². The highest BCUT2D eigenvalue weighted by molar-refractivity contribution is 5.95. The van der Waals surface area contributed by atoms with E-state index in [0.29, 0.717) is 13.1 Å². The molecule has 0 aliphatic heterocycles. The minimum absolute atomic E-state index is 0.0106. The fraction of sp³-hybridized carbons (Fsp3) is 0.500. The molecule has 1 aromatic carbocycles. The highest BCUT2D eigenvalue weighted by atomic mass is 16.1. The molecule has 0 heterocycles. The number of carbonyl (C=O) groups excluding carboxylic acids is 1. The van der Waals surface area contributed by atoms with E-state index in [4.69, 9.17) is 5.73 Å². The van der Waals surface area contributed by atoms with Gasteiger partial charge in [0, 0.05) is 18.7 Å². The van der Waals surface area contributed by atoms with Gasteiger partial charge in [0.15, 0.2) is 0 Å². The van der Waals surface area contributed by atoms with Gasteiger partial charge in [-0.05, 0) is 38.2 Å². The maximum atomic E-state index is 12.0. The average molecular weight is 249 g/mol. The zero-order valence-electron chi connectivity index (χ0n) is 11.3. The quantitative estimate of drug-likeness (QED) is 0.754. The van der Waals surface area contributed by atoms with Crippen molar-refractivity contribution in [3.63, 3.8) is 0 Å². The second-order valence-corrected chi connectivity index (χ2v) is 4.35. The summed E-state index contributed by atoms with van der Waals surface area (Å²) in [5.74, 6) is -0.0106. The number of rotatable bonds is 7. The van der Waals surface area contributed by atoms with E-state index in [0.717, 1.165) is 30.6 Å². The summed E-state index contributed by atoms with van der Waals surface area (Å²) in [5, 5.41) is 2.94. The van der Waals surface area contributed by atoms with E-state index < -0.39 is 0 Å². The van der Waals surface area contributed by atoms with Gasteiger partial charge in [-0.25, -0.2) is 0 Å². The summed E-state index contributed by atoms with van der Waals surface area (Å²) >= 11 is 0. The van der Waals surface area contributed by atoms with Gasteiger partial charge in [-0.2, -0.15) is 0 Å². The van der Waals surface area contributed by atoms with E-state index in [1.54, 1.807) is 0 Å². The second-order valence-electron chi connectivity index (χ2n) is 4.35. The molecule has 0 atom stereocenters. The van der Waals surface area contributed by atoms with Gasteiger partial charge >= 0.3 is 0 Å². The van der Waals surface area contributed by atoms with Crippen LogP contribution in [0.25, 0.3) is 0 Å². The molecule has 0 unspecified atom stereocenters. The molecule has 0 aromatic heterocycles. The van der Waals surface area contributed by atoms with Gasteiger partial charge in [0.05, 0.1) is 0 Å². The number of benzene rings is 1. The van der Waals surface area contributed by atoms with Gasteiger partial charge in [0.2, 0.25) is 0 Å². The Morgan fingerprint density at radius 1 is 1.39 bits per heavy atom. The molecule has 0 aliphatic rings. The fourth-order valence-electron chi connectivity index (χ4n) is 1.73. The van der Waals surface area contributed by atoms with Crippen molar-refractivity contribution in [1.29, 1.82) is 0 Å². The minimum Gasteiger partial charge on any atom is -0.351 e. The van der Waals surface area contributed by atoms with Crippen molar-refractivity contribution < 1.29 is 4.79 Å². The summed E-state index contributed by atoms with van der Waals surface area (Å²) in [4.78, 5) is 14.2. The fourth-order valence-corrected chi connectivity index (χ4v) is 1.73. The molecule has 0 bridgehead atoms. The Bertz CT molecular complexity index is 379. The summed E-state index contributed by atoms with van der Waals surface area (Å²) in [7, 11) is 2.04. The molecule has 4 heteroatoms. The molecule has 4 nitrogen and oxygen atoms in total. The summed E-state index contributed by atoms with van der Waals surface area (Å²) in [6, 6.07) is 7.63. The molecule has 1 amide bonds. The van der Waals surface area contributed by atoms with E-state index >= 15 is 0 Å². The van der Waals surface area contributed by atoms with E-state index in [9.17, 15) is 4.79 Å². The van der Waals surface area contributed by atoms with Crippen LogP contribution >= 0.6 is 0 Å². The van der Waals surface area contributed by atoms with E-state index in [-0.39, 0.29) is 5.91 Å². The van der Waals surface area contributed by atoms with Crippen LogP contribution in [0.15, 0.2) is 24.3 Å². The number of carbonyl (C=O) groups is 1. The van der Waals surface area contributed by atoms with Gasteiger partial charge in [-0.1, -0.05) is 25.1 Å². The number of hydrogen-bond donors (Lipinski definition) is 2.